The van der Waals surface area contributed by atoms with E-state index in [0.717, 1.165) is 22.2 Å². The van der Waals surface area contributed by atoms with E-state index in [2.05, 4.69) is 10.1 Å². The third-order valence-corrected chi connectivity index (χ3v) is 3.02. The quantitative estimate of drug-likeness (QED) is 0.708. The molecule has 90 valence electrons. The molecule has 0 radical (unpaired) electrons. The van der Waals surface area contributed by atoms with Gasteiger partial charge in [0.1, 0.15) is 0 Å². The van der Waals surface area contributed by atoms with Gasteiger partial charge in [-0.15, -0.1) is 0 Å². The Morgan fingerprint density at radius 2 is 2.06 bits per heavy atom. The van der Waals surface area contributed by atoms with Gasteiger partial charge in [-0.05, 0) is 36.1 Å². The van der Waals surface area contributed by atoms with Gasteiger partial charge >= 0.3 is 0 Å². The van der Waals surface area contributed by atoms with Crippen LogP contribution in [0.15, 0.2) is 41.5 Å². The Balaban J connectivity index is 2.25. The number of hydrogen-bond donors (Lipinski definition) is 1. The molecule has 0 atom stereocenters. The second-order valence-electron chi connectivity index (χ2n) is 4.49. The maximum atomic E-state index is 11.8. The average molecular weight is 239 g/mol. The summed E-state index contributed by atoms with van der Waals surface area (Å²) in [5, 5.41) is 5.83. The Labute approximate surface area is 104 Å². The molecule has 18 heavy (non-hydrogen) atoms. The molecule has 0 saturated heterocycles. The van der Waals surface area contributed by atoms with Gasteiger partial charge in [-0.25, -0.2) is 0 Å². The fraction of sp³-hybridized carbons (Fsp3) is 0.143. The smallest absolute Gasteiger partial charge is 0.256 e. The molecule has 2 heterocycles. The number of rotatable bonds is 1. The van der Waals surface area contributed by atoms with E-state index >= 15 is 0 Å². The molecule has 3 rings (SSSR count). The molecular formula is C14H13N3O. The minimum atomic E-state index is -0.0391. The van der Waals surface area contributed by atoms with Gasteiger partial charge < -0.3 is 4.98 Å². The predicted molar refractivity (Wildman–Crippen MR) is 71.5 cm³/mol. The van der Waals surface area contributed by atoms with Crippen molar-refractivity contribution in [2.24, 2.45) is 7.05 Å². The van der Waals surface area contributed by atoms with Crippen LogP contribution < -0.4 is 5.56 Å². The van der Waals surface area contributed by atoms with Gasteiger partial charge in [-0.3, -0.25) is 9.48 Å². The zero-order valence-corrected chi connectivity index (χ0v) is 10.3. The number of nitrogens with one attached hydrogen (secondary N) is 1. The van der Waals surface area contributed by atoms with Crippen LogP contribution in [-0.4, -0.2) is 14.8 Å². The van der Waals surface area contributed by atoms with Gasteiger partial charge in [0, 0.05) is 29.9 Å². The molecule has 0 bridgehead atoms. The van der Waals surface area contributed by atoms with E-state index in [-0.39, 0.29) is 5.56 Å². The second-order valence-corrected chi connectivity index (χ2v) is 4.49. The number of aromatic nitrogens is 3. The maximum absolute atomic E-state index is 11.8. The van der Waals surface area contributed by atoms with Crippen molar-refractivity contribution in [2.75, 3.05) is 0 Å². The molecule has 0 amide bonds. The zero-order valence-electron chi connectivity index (χ0n) is 10.3. The summed E-state index contributed by atoms with van der Waals surface area (Å²) in [7, 11) is 1.89. The topological polar surface area (TPSA) is 50.7 Å². The van der Waals surface area contributed by atoms with E-state index in [9.17, 15) is 4.79 Å². The van der Waals surface area contributed by atoms with E-state index in [0.29, 0.717) is 5.39 Å². The lowest BCUT2D eigenvalue weighted by Gasteiger charge is -2.02. The summed E-state index contributed by atoms with van der Waals surface area (Å²) >= 11 is 0. The van der Waals surface area contributed by atoms with Gasteiger partial charge in [0.05, 0.1) is 6.20 Å². The van der Waals surface area contributed by atoms with Crippen molar-refractivity contribution in [1.82, 2.24) is 14.8 Å². The number of benzene rings is 1. The highest BCUT2D eigenvalue weighted by Gasteiger charge is 2.04. The molecule has 3 aromatic rings. The highest BCUT2D eigenvalue weighted by Crippen LogP contribution is 2.22. The highest BCUT2D eigenvalue weighted by atomic mass is 16.1. The summed E-state index contributed by atoms with van der Waals surface area (Å²) in [5.74, 6) is 0. The minimum absolute atomic E-state index is 0.0391. The Morgan fingerprint density at radius 1 is 1.22 bits per heavy atom. The van der Waals surface area contributed by atoms with Crippen LogP contribution >= 0.6 is 0 Å². The normalized spacial score (nSPS) is 11.0. The first-order valence-electron chi connectivity index (χ1n) is 5.76. The van der Waals surface area contributed by atoms with E-state index < -0.39 is 0 Å². The Hall–Kier alpha value is -2.36. The number of fused-ring (bicyclic) bond motifs is 1. The van der Waals surface area contributed by atoms with Crippen LogP contribution in [0.3, 0.4) is 0 Å². The second kappa shape index (κ2) is 3.84. The van der Waals surface area contributed by atoms with Crippen LogP contribution in [0.4, 0.5) is 0 Å². The first-order valence-corrected chi connectivity index (χ1v) is 5.76. The highest BCUT2D eigenvalue weighted by molar-refractivity contribution is 5.86. The van der Waals surface area contributed by atoms with E-state index in [4.69, 9.17) is 0 Å². The fourth-order valence-electron chi connectivity index (χ4n) is 2.15. The minimum Gasteiger partial charge on any atom is -0.326 e. The van der Waals surface area contributed by atoms with Gasteiger partial charge in [-0.1, -0.05) is 6.07 Å². The Morgan fingerprint density at radius 3 is 2.78 bits per heavy atom. The predicted octanol–water partition coefficient (Wildman–Crippen LogP) is 2.24. The molecule has 0 saturated carbocycles. The summed E-state index contributed by atoms with van der Waals surface area (Å²) < 4.78 is 1.77. The Kier molecular flexibility index (Phi) is 2.30. The average Bonchev–Trinajstić information content (AvgIpc) is 2.75. The third-order valence-electron chi connectivity index (χ3n) is 3.02. The number of pyridine rings is 1. The lowest BCUT2D eigenvalue weighted by Crippen LogP contribution is -2.06. The number of hydrogen-bond acceptors (Lipinski definition) is 2. The molecule has 1 N–H and O–H groups in total. The summed E-state index contributed by atoms with van der Waals surface area (Å²) in [6.45, 7) is 1.89. The van der Waals surface area contributed by atoms with Crippen molar-refractivity contribution in [3.05, 3.63) is 52.7 Å². The first-order chi connectivity index (χ1) is 8.63. The van der Waals surface area contributed by atoms with E-state index in [1.807, 2.05) is 50.6 Å². The van der Waals surface area contributed by atoms with Gasteiger partial charge in [0.15, 0.2) is 0 Å². The third kappa shape index (κ3) is 1.72. The molecule has 2 aromatic heterocycles. The standard InChI is InChI=1S/C14H13N3O/c1-9-5-11-6-10(12-7-15-17(2)8-12)3-4-13(11)14(18)16-9/h3-8H,1-2H3,(H,16,18). The van der Waals surface area contributed by atoms with Crippen LogP contribution in [0, 0.1) is 6.92 Å². The molecular weight excluding hydrogens is 226 g/mol. The summed E-state index contributed by atoms with van der Waals surface area (Å²) in [6.07, 6.45) is 3.78. The van der Waals surface area contributed by atoms with Crippen LogP contribution in [0.5, 0.6) is 0 Å². The van der Waals surface area contributed by atoms with E-state index in [1.54, 1.807) is 4.68 Å². The SMILES string of the molecule is Cc1cc2cc(-c3cnn(C)c3)ccc2c(=O)[nH]1. The summed E-state index contributed by atoms with van der Waals surface area (Å²) in [5.41, 5.74) is 2.96. The van der Waals surface area contributed by atoms with Crippen molar-refractivity contribution in [3.8, 4) is 11.1 Å². The molecule has 0 aliphatic carbocycles. The molecule has 0 spiro atoms. The number of aromatic amines is 1. The number of aryl methyl sites for hydroxylation is 2. The van der Waals surface area contributed by atoms with Crippen LogP contribution in [0.1, 0.15) is 5.69 Å². The Bertz CT molecular complexity index is 783. The molecule has 4 heteroatoms. The van der Waals surface area contributed by atoms with Crippen molar-refractivity contribution in [2.45, 2.75) is 6.92 Å². The zero-order chi connectivity index (χ0) is 12.7. The van der Waals surface area contributed by atoms with Gasteiger partial charge in [0.25, 0.3) is 5.56 Å². The molecule has 4 nitrogen and oxygen atoms in total. The van der Waals surface area contributed by atoms with Crippen molar-refractivity contribution >= 4 is 10.8 Å². The maximum Gasteiger partial charge on any atom is 0.256 e. The monoisotopic (exact) mass is 239 g/mol. The van der Waals surface area contributed by atoms with Crippen LogP contribution in [0.25, 0.3) is 21.9 Å². The molecule has 0 aliphatic heterocycles. The molecule has 0 fully saturated rings. The van der Waals surface area contributed by atoms with Gasteiger partial charge in [0.2, 0.25) is 0 Å². The lowest BCUT2D eigenvalue weighted by atomic mass is 10.0. The molecule has 0 aliphatic rings. The van der Waals surface area contributed by atoms with Crippen molar-refractivity contribution in [3.63, 3.8) is 0 Å². The summed E-state index contributed by atoms with van der Waals surface area (Å²) in [6, 6.07) is 7.81. The van der Waals surface area contributed by atoms with Crippen molar-refractivity contribution in [1.29, 1.82) is 0 Å². The van der Waals surface area contributed by atoms with Crippen LogP contribution in [0.2, 0.25) is 0 Å². The molecule has 1 aromatic carbocycles. The lowest BCUT2D eigenvalue weighted by molar-refractivity contribution is 0.768. The number of H-pyrrole nitrogens is 1. The van der Waals surface area contributed by atoms with E-state index in [1.165, 1.54) is 0 Å². The number of nitrogens with zero attached hydrogens (tertiary/aromatic N) is 2. The molecule has 0 unspecified atom stereocenters. The van der Waals surface area contributed by atoms with Crippen LogP contribution in [-0.2, 0) is 7.05 Å². The fourth-order valence-corrected chi connectivity index (χ4v) is 2.15. The largest absolute Gasteiger partial charge is 0.326 e. The van der Waals surface area contributed by atoms with Gasteiger partial charge in [-0.2, -0.15) is 5.10 Å². The summed E-state index contributed by atoms with van der Waals surface area (Å²) in [4.78, 5) is 14.6. The first kappa shape index (κ1) is 10.8. The van der Waals surface area contributed by atoms with Crippen molar-refractivity contribution < 1.29 is 0 Å².